The van der Waals surface area contributed by atoms with Crippen LogP contribution < -0.4 is 10.2 Å². The van der Waals surface area contributed by atoms with Crippen molar-refractivity contribution in [2.24, 2.45) is 0 Å². The molecular formula is C25H24O14. The SMILES string of the molecule is CC(=O)O[C@@H]1[C@@H](O)[C@@H](OC(C)=O)[C@H](Oc2c(-c3cc(O)c(O)c(O)c3)oc3cc(O)cc(O)c3c2=O)O[C@H]1C. The van der Waals surface area contributed by atoms with Crippen molar-refractivity contribution in [3.05, 3.63) is 34.5 Å². The predicted octanol–water partition coefficient (Wildman–Crippen LogP) is 1.34. The fourth-order valence-corrected chi connectivity index (χ4v) is 4.18. The van der Waals surface area contributed by atoms with Gasteiger partial charge in [-0.2, -0.15) is 0 Å². The lowest BCUT2D eigenvalue weighted by atomic mass is 9.99. The molecule has 0 spiro atoms. The van der Waals surface area contributed by atoms with Gasteiger partial charge in [0.2, 0.25) is 17.5 Å². The second kappa shape index (κ2) is 10.2. The largest absolute Gasteiger partial charge is 0.508 e. The number of aliphatic hydroxyl groups is 1. The van der Waals surface area contributed by atoms with Crippen LogP contribution in [-0.4, -0.2) is 73.3 Å². The van der Waals surface area contributed by atoms with Crippen LogP contribution in [0.4, 0.5) is 0 Å². The molecule has 1 aliphatic rings. The number of benzene rings is 2. The standard InChI is InChI=1S/C25H24O14/c1-8-21(36-9(2)26)20(34)24(37-10(3)27)25(35-8)39-23-19(33)17-13(29)6-12(28)7-16(17)38-22(23)11-4-14(30)18(32)15(31)5-11/h4-8,20-21,24-25,28-32,34H,1-3H3/t8-,20+,21-,24+,25-/m0/s1. The Hall–Kier alpha value is -4.69. The summed E-state index contributed by atoms with van der Waals surface area (Å²) in [6.45, 7) is 3.55. The average molecular weight is 548 g/mol. The number of phenolic OH excluding ortho intramolecular Hbond substituents is 5. The second-order valence-electron chi connectivity index (χ2n) is 8.76. The number of rotatable bonds is 5. The number of hydrogen-bond donors (Lipinski definition) is 6. The van der Waals surface area contributed by atoms with E-state index in [-0.39, 0.29) is 11.1 Å². The molecule has 39 heavy (non-hydrogen) atoms. The van der Waals surface area contributed by atoms with Crippen LogP contribution in [0.25, 0.3) is 22.3 Å². The van der Waals surface area contributed by atoms with E-state index in [0.717, 1.165) is 38.1 Å². The molecule has 0 radical (unpaired) electrons. The summed E-state index contributed by atoms with van der Waals surface area (Å²) in [6.07, 6.45) is -7.33. The minimum Gasteiger partial charge on any atom is -0.508 e. The van der Waals surface area contributed by atoms with E-state index in [2.05, 4.69) is 0 Å². The summed E-state index contributed by atoms with van der Waals surface area (Å²) >= 11 is 0. The van der Waals surface area contributed by atoms with Gasteiger partial charge in [0.15, 0.2) is 35.2 Å². The van der Waals surface area contributed by atoms with E-state index in [1.165, 1.54) is 6.92 Å². The summed E-state index contributed by atoms with van der Waals surface area (Å²) in [6, 6.07) is 3.73. The smallest absolute Gasteiger partial charge is 0.303 e. The van der Waals surface area contributed by atoms with E-state index in [1.54, 1.807) is 0 Å². The molecule has 4 rings (SSSR count). The topological polar surface area (TPSA) is 223 Å². The minimum atomic E-state index is -1.71. The number of ether oxygens (including phenoxy) is 4. The number of hydrogen-bond acceptors (Lipinski definition) is 14. The highest BCUT2D eigenvalue weighted by atomic mass is 16.7. The fraction of sp³-hybridized carbons (Fsp3) is 0.320. The van der Waals surface area contributed by atoms with E-state index in [4.69, 9.17) is 23.4 Å². The highest BCUT2D eigenvalue weighted by Crippen LogP contribution is 2.43. The van der Waals surface area contributed by atoms with Gasteiger partial charge >= 0.3 is 11.9 Å². The maximum atomic E-state index is 13.6. The van der Waals surface area contributed by atoms with Gasteiger partial charge in [0, 0.05) is 31.5 Å². The first-order valence-corrected chi connectivity index (χ1v) is 11.4. The van der Waals surface area contributed by atoms with Crippen molar-refractivity contribution in [1.82, 2.24) is 0 Å². The Balaban J connectivity index is 1.91. The van der Waals surface area contributed by atoms with Crippen LogP contribution in [0.1, 0.15) is 20.8 Å². The molecule has 2 aromatic carbocycles. The van der Waals surface area contributed by atoms with Crippen LogP contribution in [0.3, 0.4) is 0 Å². The molecule has 2 heterocycles. The Morgan fingerprint density at radius 2 is 1.46 bits per heavy atom. The molecular weight excluding hydrogens is 524 g/mol. The van der Waals surface area contributed by atoms with Gasteiger partial charge in [-0.3, -0.25) is 14.4 Å². The van der Waals surface area contributed by atoms with Crippen LogP contribution in [0, 0.1) is 0 Å². The quantitative estimate of drug-likeness (QED) is 0.196. The molecule has 14 heteroatoms. The number of phenols is 5. The zero-order valence-electron chi connectivity index (χ0n) is 20.6. The van der Waals surface area contributed by atoms with E-state index >= 15 is 0 Å². The van der Waals surface area contributed by atoms with Crippen molar-refractivity contribution in [2.75, 3.05) is 0 Å². The Morgan fingerprint density at radius 3 is 2.05 bits per heavy atom. The first-order valence-electron chi connectivity index (χ1n) is 11.4. The first kappa shape index (κ1) is 27.3. The minimum absolute atomic E-state index is 0.203. The lowest BCUT2D eigenvalue weighted by molar-refractivity contribution is -0.277. The maximum Gasteiger partial charge on any atom is 0.303 e. The van der Waals surface area contributed by atoms with Crippen molar-refractivity contribution in [2.45, 2.75) is 51.5 Å². The van der Waals surface area contributed by atoms with E-state index in [0.29, 0.717) is 0 Å². The van der Waals surface area contributed by atoms with Gasteiger partial charge in [-0.25, -0.2) is 0 Å². The van der Waals surface area contributed by atoms with Gasteiger partial charge in [-0.1, -0.05) is 0 Å². The van der Waals surface area contributed by atoms with Crippen LogP contribution in [0.15, 0.2) is 33.5 Å². The maximum absolute atomic E-state index is 13.6. The van der Waals surface area contributed by atoms with E-state index < -0.39 is 93.7 Å². The van der Waals surface area contributed by atoms with Crippen molar-refractivity contribution in [3.8, 4) is 45.8 Å². The van der Waals surface area contributed by atoms with Gasteiger partial charge in [-0.05, 0) is 19.1 Å². The molecule has 0 amide bonds. The van der Waals surface area contributed by atoms with Gasteiger partial charge < -0.3 is 54.0 Å². The molecule has 1 saturated heterocycles. The summed E-state index contributed by atoms with van der Waals surface area (Å²) in [5.41, 5.74) is -1.55. The van der Waals surface area contributed by atoms with E-state index in [9.17, 15) is 45.0 Å². The average Bonchev–Trinajstić information content (AvgIpc) is 2.83. The van der Waals surface area contributed by atoms with Crippen LogP contribution in [0.2, 0.25) is 0 Å². The van der Waals surface area contributed by atoms with Gasteiger partial charge in [0.25, 0.3) is 0 Å². The van der Waals surface area contributed by atoms with Crippen LogP contribution >= 0.6 is 0 Å². The number of fused-ring (bicyclic) bond motifs is 1. The molecule has 14 nitrogen and oxygen atoms in total. The summed E-state index contributed by atoms with van der Waals surface area (Å²) in [5, 5.41) is 60.5. The number of carbonyl (C=O) groups excluding carboxylic acids is 2. The van der Waals surface area contributed by atoms with Crippen molar-refractivity contribution < 1.29 is 63.6 Å². The third-order valence-electron chi connectivity index (χ3n) is 5.84. The zero-order valence-corrected chi connectivity index (χ0v) is 20.6. The molecule has 0 bridgehead atoms. The molecule has 6 N–H and O–H groups in total. The van der Waals surface area contributed by atoms with Crippen molar-refractivity contribution >= 4 is 22.9 Å². The Morgan fingerprint density at radius 1 is 0.872 bits per heavy atom. The highest BCUT2D eigenvalue weighted by Gasteiger charge is 2.49. The molecule has 5 atom stereocenters. The zero-order chi connectivity index (χ0) is 28.8. The van der Waals surface area contributed by atoms with Gasteiger partial charge in [-0.15, -0.1) is 0 Å². The third-order valence-corrected chi connectivity index (χ3v) is 5.84. The summed E-state index contributed by atoms with van der Waals surface area (Å²) in [7, 11) is 0. The highest BCUT2D eigenvalue weighted by molar-refractivity contribution is 5.88. The van der Waals surface area contributed by atoms with Crippen LogP contribution in [0.5, 0.6) is 34.5 Å². The predicted molar refractivity (Wildman–Crippen MR) is 128 cm³/mol. The lowest BCUT2D eigenvalue weighted by Crippen LogP contribution is -2.60. The van der Waals surface area contributed by atoms with Gasteiger partial charge in [0.05, 0.1) is 6.10 Å². The molecule has 0 aliphatic carbocycles. The first-order chi connectivity index (χ1) is 18.3. The molecule has 1 aromatic heterocycles. The Kier molecular flexibility index (Phi) is 7.17. The summed E-state index contributed by atoms with van der Waals surface area (Å²) in [5.74, 6) is -6.39. The monoisotopic (exact) mass is 548 g/mol. The molecule has 0 unspecified atom stereocenters. The lowest BCUT2D eigenvalue weighted by Gasteiger charge is -2.41. The number of esters is 2. The number of aromatic hydroxyl groups is 5. The van der Waals surface area contributed by atoms with E-state index in [1.807, 2.05) is 0 Å². The fourth-order valence-electron chi connectivity index (χ4n) is 4.18. The molecule has 3 aromatic rings. The van der Waals surface area contributed by atoms with Crippen molar-refractivity contribution in [1.29, 1.82) is 0 Å². The normalized spacial score (nSPS) is 22.8. The number of carbonyl (C=O) groups is 2. The molecule has 1 fully saturated rings. The molecule has 0 saturated carbocycles. The van der Waals surface area contributed by atoms with Crippen LogP contribution in [-0.2, 0) is 23.8 Å². The van der Waals surface area contributed by atoms with Crippen molar-refractivity contribution in [3.63, 3.8) is 0 Å². The molecule has 1 aliphatic heterocycles. The Labute approximate surface area is 218 Å². The summed E-state index contributed by atoms with van der Waals surface area (Å²) in [4.78, 5) is 36.9. The third kappa shape index (κ3) is 5.19. The number of aliphatic hydroxyl groups excluding tert-OH is 1. The second-order valence-corrected chi connectivity index (χ2v) is 8.76. The Bertz CT molecular complexity index is 1490. The van der Waals surface area contributed by atoms with Gasteiger partial charge in [0.1, 0.15) is 28.6 Å². The summed E-state index contributed by atoms with van der Waals surface area (Å²) < 4.78 is 27.4. The molecule has 208 valence electrons.